The van der Waals surface area contributed by atoms with E-state index in [2.05, 4.69) is 36.9 Å². The summed E-state index contributed by atoms with van der Waals surface area (Å²) in [6, 6.07) is 6.60. The fourth-order valence-electron chi connectivity index (χ4n) is 4.45. The van der Waals surface area contributed by atoms with Gasteiger partial charge in [0.05, 0.1) is 0 Å². The van der Waals surface area contributed by atoms with Crippen LogP contribution in [0.4, 0.5) is 0 Å². The Balaban J connectivity index is 1.52. The van der Waals surface area contributed by atoms with Crippen molar-refractivity contribution in [1.29, 1.82) is 0 Å². The summed E-state index contributed by atoms with van der Waals surface area (Å²) in [6.07, 6.45) is 4.84. The lowest BCUT2D eigenvalue weighted by Crippen LogP contribution is -2.48. The number of rotatable bonds is 4. The molecule has 2 aliphatic rings. The molecule has 2 saturated heterocycles. The van der Waals surface area contributed by atoms with E-state index in [1.165, 1.54) is 42.6 Å². The summed E-state index contributed by atoms with van der Waals surface area (Å²) in [5.74, 6) is 0.143. The lowest BCUT2D eigenvalue weighted by Gasteiger charge is -2.47. The van der Waals surface area contributed by atoms with Crippen molar-refractivity contribution in [2.45, 2.75) is 46.1 Å². The Hall–Kier alpha value is -1.39. The van der Waals surface area contributed by atoms with Crippen LogP contribution >= 0.6 is 0 Å². The molecule has 2 heterocycles. The van der Waals surface area contributed by atoms with Crippen molar-refractivity contribution in [2.24, 2.45) is 5.41 Å². The van der Waals surface area contributed by atoms with Crippen LogP contribution in [-0.2, 0) is 16.1 Å². The number of benzene rings is 1. The van der Waals surface area contributed by atoms with Gasteiger partial charge in [-0.2, -0.15) is 0 Å². The summed E-state index contributed by atoms with van der Waals surface area (Å²) >= 11 is 0. The van der Waals surface area contributed by atoms with E-state index in [1.807, 2.05) is 4.90 Å². The van der Waals surface area contributed by atoms with Gasteiger partial charge in [-0.1, -0.05) is 18.2 Å². The van der Waals surface area contributed by atoms with Crippen LogP contribution < -0.4 is 0 Å². The van der Waals surface area contributed by atoms with Crippen molar-refractivity contribution in [3.05, 3.63) is 34.9 Å². The number of carbonyl (C=O) groups is 1. The maximum Gasteiger partial charge on any atom is 0.248 e. The van der Waals surface area contributed by atoms with Crippen LogP contribution in [0.1, 0.15) is 42.4 Å². The Morgan fingerprint density at radius 2 is 1.60 bits per heavy atom. The molecule has 0 radical (unpaired) electrons. The van der Waals surface area contributed by atoms with Gasteiger partial charge < -0.3 is 9.64 Å². The number of aryl methyl sites for hydroxylation is 2. The molecule has 4 heteroatoms. The molecule has 0 N–H and O–H groups in total. The Morgan fingerprint density at radius 1 is 1.04 bits per heavy atom. The normalized spacial score (nSPS) is 20.8. The topological polar surface area (TPSA) is 32.8 Å². The van der Waals surface area contributed by atoms with Gasteiger partial charge in [-0.25, -0.2) is 0 Å². The number of nitrogens with zero attached hydrogens (tertiary/aromatic N) is 2. The number of ether oxygens (including phenoxy) is 1. The van der Waals surface area contributed by atoms with E-state index >= 15 is 0 Å². The third kappa shape index (κ3) is 4.24. The predicted molar refractivity (Wildman–Crippen MR) is 101 cm³/mol. The summed E-state index contributed by atoms with van der Waals surface area (Å²) in [4.78, 5) is 16.6. The molecular formula is C21H32N2O2. The highest BCUT2D eigenvalue weighted by Gasteiger charge is 2.38. The predicted octanol–water partition coefficient (Wildman–Crippen LogP) is 3.15. The van der Waals surface area contributed by atoms with Gasteiger partial charge in [0.1, 0.15) is 6.61 Å². The third-order valence-corrected chi connectivity index (χ3v) is 6.39. The molecule has 0 bridgehead atoms. The van der Waals surface area contributed by atoms with Crippen LogP contribution in [0, 0.1) is 19.3 Å². The van der Waals surface area contributed by atoms with Crippen molar-refractivity contribution < 1.29 is 9.53 Å². The van der Waals surface area contributed by atoms with E-state index < -0.39 is 0 Å². The zero-order valence-electron chi connectivity index (χ0n) is 16.0. The van der Waals surface area contributed by atoms with Gasteiger partial charge in [0.15, 0.2) is 0 Å². The second-order valence-corrected chi connectivity index (χ2v) is 7.96. The fraction of sp³-hybridized carbons (Fsp3) is 0.667. The molecule has 3 rings (SSSR count). The highest BCUT2D eigenvalue weighted by atomic mass is 16.5. The van der Waals surface area contributed by atoms with Crippen molar-refractivity contribution in [1.82, 2.24) is 9.80 Å². The lowest BCUT2D eigenvalue weighted by atomic mass is 9.71. The molecule has 1 aromatic carbocycles. The van der Waals surface area contributed by atoms with E-state index in [4.69, 9.17) is 4.74 Å². The van der Waals surface area contributed by atoms with Gasteiger partial charge in [0.25, 0.3) is 0 Å². The van der Waals surface area contributed by atoms with E-state index in [9.17, 15) is 4.79 Å². The summed E-state index contributed by atoms with van der Waals surface area (Å²) in [5.41, 5.74) is 4.77. The lowest BCUT2D eigenvalue weighted by molar-refractivity contribution is -0.138. The molecule has 0 unspecified atom stereocenters. The summed E-state index contributed by atoms with van der Waals surface area (Å²) in [7, 11) is 1.59. The number of carbonyl (C=O) groups excluding carboxylic acids is 1. The number of hydrogen-bond donors (Lipinski definition) is 0. The van der Waals surface area contributed by atoms with Crippen LogP contribution in [0.3, 0.4) is 0 Å². The Kier molecular flexibility index (Phi) is 5.80. The minimum absolute atomic E-state index is 0.143. The van der Waals surface area contributed by atoms with Crippen LogP contribution in [0.15, 0.2) is 18.2 Å². The van der Waals surface area contributed by atoms with E-state index in [-0.39, 0.29) is 12.5 Å². The number of methoxy groups -OCH3 is 1. The molecule has 0 aromatic heterocycles. The van der Waals surface area contributed by atoms with Gasteiger partial charge in [-0.15, -0.1) is 0 Å². The maximum atomic E-state index is 12.0. The minimum atomic E-state index is 0.143. The number of hydrogen-bond acceptors (Lipinski definition) is 3. The third-order valence-electron chi connectivity index (χ3n) is 6.39. The zero-order valence-corrected chi connectivity index (χ0v) is 16.0. The summed E-state index contributed by atoms with van der Waals surface area (Å²) in [6.45, 7) is 9.91. The minimum Gasteiger partial charge on any atom is -0.375 e. The molecule has 1 aromatic rings. The highest BCUT2D eigenvalue weighted by molar-refractivity contribution is 5.77. The van der Waals surface area contributed by atoms with Crippen LogP contribution in [-0.4, -0.2) is 55.6 Å². The van der Waals surface area contributed by atoms with Crippen LogP contribution in [0.5, 0.6) is 0 Å². The van der Waals surface area contributed by atoms with Gasteiger partial charge in [-0.3, -0.25) is 9.69 Å². The van der Waals surface area contributed by atoms with E-state index in [1.54, 1.807) is 7.11 Å². The first-order valence-electron chi connectivity index (χ1n) is 9.57. The number of amides is 1. The second-order valence-electron chi connectivity index (χ2n) is 7.96. The highest BCUT2D eigenvalue weighted by Crippen LogP contribution is 2.41. The first kappa shape index (κ1) is 18.4. The standard InChI is InChI=1S/C21H32N2O2/c1-17-5-4-6-18(2)19(17)15-22-11-7-21(8-12-22)9-13-23(14-10-21)20(24)16-25-3/h4-6H,7-16H2,1-3H3. The van der Waals surface area contributed by atoms with Crippen molar-refractivity contribution in [3.63, 3.8) is 0 Å². The van der Waals surface area contributed by atoms with Crippen LogP contribution in [0.25, 0.3) is 0 Å². The van der Waals surface area contributed by atoms with Gasteiger partial charge in [-0.05, 0) is 74.7 Å². The average Bonchev–Trinajstić information content (AvgIpc) is 2.61. The molecule has 2 aliphatic heterocycles. The molecule has 0 aliphatic carbocycles. The summed E-state index contributed by atoms with van der Waals surface area (Å²) < 4.78 is 4.99. The van der Waals surface area contributed by atoms with Gasteiger partial charge >= 0.3 is 0 Å². The van der Waals surface area contributed by atoms with Crippen molar-refractivity contribution >= 4 is 5.91 Å². The molecule has 0 atom stereocenters. The Labute approximate surface area is 152 Å². The molecule has 2 fully saturated rings. The van der Waals surface area contributed by atoms with Crippen molar-refractivity contribution in [3.8, 4) is 0 Å². The molecule has 0 saturated carbocycles. The van der Waals surface area contributed by atoms with E-state index in [0.717, 1.165) is 32.5 Å². The molecular weight excluding hydrogens is 312 g/mol. The Morgan fingerprint density at radius 3 is 2.16 bits per heavy atom. The molecule has 25 heavy (non-hydrogen) atoms. The van der Waals surface area contributed by atoms with Gasteiger partial charge in [0.2, 0.25) is 5.91 Å². The SMILES string of the molecule is COCC(=O)N1CCC2(CCN(Cc3c(C)cccc3C)CC2)CC1. The smallest absolute Gasteiger partial charge is 0.248 e. The summed E-state index contributed by atoms with van der Waals surface area (Å²) in [5, 5.41) is 0. The fourth-order valence-corrected chi connectivity index (χ4v) is 4.45. The average molecular weight is 344 g/mol. The van der Waals surface area contributed by atoms with Crippen molar-refractivity contribution in [2.75, 3.05) is 39.9 Å². The van der Waals surface area contributed by atoms with E-state index in [0.29, 0.717) is 5.41 Å². The monoisotopic (exact) mass is 344 g/mol. The second kappa shape index (κ2) is 7.88. The Bertz CT molecular complexity index is 576. The first-order valence-corrected chi connectivity index (χ1v) is 9.57. The molecule has 138 valence electrons. The molecule has 1 amide bonds. The number of likely N-dealkylation sites (tertiary alicyclic amines) is 2. The van der Waals surface area contributed by atoms with Crippen LogP contribution in [0.2, 0.25) is 0 Å². The zero-order chi connectivity index (χ0) is 17.9. The molecule has 4 nitrogen and oxygen atoms in total. The van der Waals surface area contributed by atoms with Gasteiger partial charge in [0, 0.05) is 26.7 Å². The number of piperidine rings is 2. The quantitative estimate of drug-likeness (QED) is 0.841. The first-order chi connectivity index (χ1) is 12.0. The molecule has 1 spiro atoms. The maximum absolute atomic E-state index is 12.0. The largest absolute Gasteiger partial charge is 0.375 e.